The van der Waals surface area contributed by atoms with Gasteiger partial charge in [-0.2, -0.15) is 5.26 Å². The minimum atomic E-state index is -0.145. The maximum absolute atomic E-state index is 8.79. The molecule has 0 aliphatic heterocycles. The zero-order valence-electron chi connectivity index (χ0n) is 8.02. The summed E-state index contributed by atoms with van der Waals surface area (Å²) in [7, 11) is 0. The van der Waals surface area contributed by atoms with E-state index in [4.69, 9.17) is 5.26 Å². The van der Waals surface area contributed by atoms with Crippen LogP contribution in [0.3, 0.4) is 0 Å². The van der Waals surface area contributed by atoms with E-state index in [1.165, 1.54) is 7.14 Å². The molecular formula is C13H9IN+. The van der Waals surface area contributed by atoms with Crippen molar-refractivity contribution in [2.24, 2.45) is 0 Å². The summed E-state index contributed by atoms with van der Waals surface area (Å²) in [5.74, 6) is 0. The zero-order valence-corrected chi connectivity index (χ0v) is 10.2. The first-order valence-electron chi connectivity index (χ1n) is 4.58. The molecule has 15 heavy (non-hydrogen) atoms. The van der Waals surface area contributed by atoms with Gasteiger partial charge in [0.1, 0.15) is 0 Å². The fourth-order valence-corrected chi connectivity index (χ4v) is 3.59. The molecule has 0 fully saturated rings. The van der Waals surface area contributed by atoms with Gasteiger partial charge in [-0.1, -0.05) is 24.3 Å². The van der Waals surface area contributed by atoms with E-state index in [0.29, 0.717) is 0 Å². The van der Waals surface area contributed by atoms with Crippen molar-refractivity contribution in [3.05, 3.63) is 67.3 Å². The quantitative estimate of drug-likeness (QED) is 0.698. The van der Waals surface area contributed by atoms with Crippen LogP contribution in [-0.4, -0.2) is 0 Å². The smallest absolute Gasteiger partial charge is 0.192 e. The van der Waals surface area contributed by atoms with E-state index in [1.807, 2.05) is 24.3 Å². The summed E-state index contributed by atoms with van der Waals surface area (Å²) < 4.78 is 2.67. The van der Waals surface area contributed by atoms with Gasteiger partial charge in [-0.25, -0.2) is 0 Å². The molecule has 72 valence electrons. The molecule has 0 aliphatic carbocycles. The molecule has 0 unspecified atom stereocenters. The van der Waals surface area contributed by atoms with E-state index in [-0.39, 0.29) is 21.2 Å². The van der Waals surface area contributed by atoms with Crippen LogP contribution in [0.2, 0.25) is 0 Å². The summed E-state index contributed by atoms with van der Waals surface area (Å²) in [5, 5.41) is 8.79. The predicted molar refractivity (Wildman–Crippen MR) is 55.0 cm³/mol. The number of nitrogens with zero attached hydrogens (tertiary/aromatic N) is 1. The van der Waals surface area contributed by atoms with Crippen LogP contribution >= 0.6 is 0 Å². The topological polar surface area (TPSA) is 23.8 Å². The SMILES string of the molecule is N#Cc1cccc([I+]c2ccccc2)c1. The van der Waals surface area contributed by atoms with Crippen LogP contribution in [0.1, 0.15) is 5.56 Å². The molecule has 0 saturated carbocycles. The molecule has 0 heterocycles. The van der Waals surface area contributed by atoms with Gasteiger partial charge in [0.25, 0.3) is 0 Å². The van der Waals surface area contributed by atoms with E-state index >= 15 is 0 Å². The molecule has 2 rings (SSSR count). The summed E-state index contributed by atoms with van der Waals surface area (Å²) in [6.45, 7) is 0. The molecule has 2 aromatic rings. The summed E-state index contributed by atoms with van der Waals surface area (Å²) in [6.07, 6.45) is 0. The molecular weight excluding hydrogens is 297 g/mol. The van der Waals surface area contributed by atoms with Crippen molar-refractivity contribution in [3.63, 3.8) is 0 Å². The van der Waals surface area contributed by atoms with Crippen molar-refractivity contribution in [2.75, 3.05) is 0 Å². The number of rotatable bonds is 2. The Bertz CT molecular complexity index is 485. The molecule has 0 aromatic heterocycles. The van der Waals surface area contributed by atoms with E-state index in [1.54, 1.807) is 0 Å². The second-order valence-electron chi connectivity index (χ2n) is 3.01. The van der Waals surface area contributed by atoms with Crippen molar-refractivity contribution >= 4 is 0 Å². The molecule has 0 aliphatic rings. The molecule has 2 aromatic carbocycles. The normalized spacial score (nSPS) is 9.53. The Labute approximate surface area is 99.6 Å². The van der Waals surface area contributed by atoms with Crippen molar-refractivity contribution in [1.29, 1.82) is 5.26 Å². The maximum Gasteiger partial charge on any atom is 0.357 e. The standard InChI is InChI=1S/C13H9IN/c15-10-11-5-4-8-13(9-11)14-12-6-2-1-3-7-12/h1-9H/q+1. The number of hydrogen-bond donors (Lipinski definition) is 0. The van der Waals surface area contributed by atoms with Gasteiger partial charge in [0.05, 0.1) is 11.6 Å². The van der Waals surface area contributed by atoms with Gasteiger partial charge >= 0.3 is 21.2 Å². The Morgan fingerprint density at radius 1 is 0.867 bits per heavy atom. The van der Waals surface area contributed by atoms with E-state index in [0.717, 1.165) is 5.56 Å². The zero-order chi connectivity index (χ0) is 10.5. The number of halogens is 1. The van der Waals surface area contributed by atoms with Gasteiger partial charge < -0.3 is 0 Å². The lowest BCUT2D eigenvalue weighted by atomic mass is 10.2. The highest BCUT2D eigenvalue weighted by Gasteiger charge is 2.14. The predicted octanol–water partition coefficient (Wildman–Crippen LogP) is -0.313. The Balaban J connectivity index is 2.22. The average Bonchev–Trinajstić information content (AvgIpc) is 2.31. The first-order chi connectivity index (χ1) is 7.38. The van der Waals surface area contributed by atoms with Crippen LogP contribution in [-0.2, 0) is 0 Å². The molecule has 0 saturated heterocycles. The molecule has 0 spiro atoms. The molecule has 0 radical (unpaired) electrons. The van der Waals surface area contributed by atoms with Gasteiger partial charge in [0.15, 0.2) is 7.14 Å². The summed E-state index contributed by atoms with van der Waals surface area (Å²) in [6, 6.07) is 20.5. The first-order valence-corrected chi connectivity index (χ1v) is 6.74. The van der Waals surface area contributed by atoms with Gasteiger partial charge in [-0.3, -0.25) is 0 Å². The summed E-state index contributed by atoms with van der Waals surface area (Å²) in [5.41, 5.74) is 0.753. The van der Waals surface area contributed by atoms with Crippen molar-refractivity contribution in [3.8, 4) is 6.07 Å². The third-order valence-corrected chi connectivity index (χ3v) is 4.54. The molecule has 1 nitrogen and oxygen atoms in total. The minimum Gasteiger partial charge on any atom is -0.192 e. The number of hydrogen-bond acceptors (Lipinski definition) is 1. The molecule has 2 heteroatoms. The largest absolute Gasteiger partial charge is 0.357 e. The second-order valence-corrected chi connectivity index (χ2v) is 6.04. The van der Waals surface area contributed by atoms with Crippen molar-refractivity contribution in [1.82, 2.24) is 0 Å². The van der Waals surface area contributed by atoms with Crippen LogP contribution in [0.5, 0.6) is 0 Å². The highest BCUT2D eigenvalue weighted by atomic mass is 127. The van der Waals surface area contributed by atoms with Gasteiger partial charge in [0.2, 0.25) is 0 Å². The third-order valence-electron chi connectivity index (χ3n) is 1.91. The Hall–Kier alpha value is -1.34. The minimum absolute atomic E-state index is 0.145. The van der Waals surface area contributed by atoms with Crippen molar-refractivity contribution in [2.45, 2.75) is 0 Å². The van der Waals surface area contributed by atoms with Crippen molar-refractivity contribution < 1.29 is 21.2 Å². The van der Waals surface area contributed by atoms with Crippen LogP contribution < -0.4 is 21.2 Å². The van der Waals surface area contributed by atoms with Gasteiger partial charge in [0, 0.05) is 6.07 Å². The lowest BCUT2D eigenvalue weighted by molar-refractivity contribution is -0.597. The van der Waals surface area contributed by atoms with E-state index < -0.39 is 0 Å². The molecule has 0 bridgehead atoms. The van der Waals surface area contributed by atoms with E-state index in [9.17, 15) is 0 Å². The summed E-state index contributed by atoms with van der Waals surface area (Å²) in [4.78, 5) is 0. The van der Waals surface area contributed by atoms with Gasteiger partial charge in [-0.15, -0.1) is 0 Å². The van der Waals surface area contributed by atoms with Crippen LogP contribution in [0.4, 0.5) is 0 Å². The Kier molecular flexibility index (Phi) is 3.36. The second kappa shape index (κ2) is 4.94. The summed E-state index contributed by atoms with van der Waals surface area (Å²) >= 11 is -0.145. The molecule has 0 N–H and O–H groups in total. The van der Waals surface area contributed by atoms with Gasteiger partial charge in [-0.05, 0) is 24.3 Å². The highest BCUT2D eigenvalue weighted by molar-refractivity contribution is 5.27. The monoisotopic (exact) mass is 306 g/mol. The number of nitriles is 1. The number of benzene rings is 2. The fourth-order valence-electron chi connectivity index (χ4n) is 1.22. The third kappa shape index (κ3) is 2.80. The fraction of sp³-hybridized carbons (Fsp3) is 0. The van der Waals surface area contributed by atoms with E-state index in [2.05, 4.69) is 36.4 Å². The molecule has 0 atom stereocenters. The van der Waals surface area contributed by atoms with Crippen LogP contribution in [0, 0.1) is 18.5 Å². The lowest BCUT2D eigenvalue weighted by Gasteiger charge is -1.87. The first kappa shape index (κ1) is 10.2. The Morgan fingerprint density at radius 2 is 1.60 bits per heavy atom. The lowest BCUT2D eigenvalue weighted by Crippen LogP contribution is -3.61. The Morgan fingerprint density at radius 3 is 2.33 bits per heavy atom. The van der Waals surface area contributed by atoms with Crippen LogP contribution in [0.15, 0.2) is 54.6 Å². The average molecular weight is 306 g/mol. The van der Waals surface area contributed by atoms with Crippen LogP contribution in [0.25, 0.3) is 0 Å². The maximum atomic E-state index is 8.79. The molecule has 0 amide bonds. The highest BCUT2D eigenvalue weighted by Crippen LogP contribution is 1.94.